The zero-order valence-electron chi connectivity index (χ0n) is 16.0. The largest absolute Gasteiger partial charge is 0.337 e. The SMILES string of the molecule is Cc1[nH]c(SCC(=O)NNC(=O)c2cccc([N+](=O)[O-])c2)nc1Cc1ccccc1. The zero-order chi connectivity index (χ0) is 21.5. The van der Waals surface area contributed by atoms with Gasteiger partial charge in [0.1, 0.15) is 0 Å². The summed E-state index contributed by atoms with van der Waals surface area (Å²) in [5, 5.41) is 11.4. The number of carbonyl (C=O) groups is 2. The smallest absolute Gasteiger partial charge is 0.270 e. The van der Waals surface area contributed by atoms with Gasteiger partial charge in [0.15, 0.2) is 5.16 Å². The molecule has 0 aliphatic rings. The van der Waals surface area contributed by atoms with Gasteiger partial charge < -0.3 is 4.98 Å². The number of hydrogen-bond donors (Lipinski definition) is 3. The van der Waals surface area contributed by atoms with Crippen LogP contribution in [-0.2, 0) is 11.2 Å². The van der Waals surface area contributed by atoms with E-state index in [9.17, 15) is 19.7 Å². The van der Waals surface area contributed by atoms with Crippen LogP contribution in [0.4, 0.5) is 5.69 Å². The van der Waals surface area contributed by atoms with Gasteiger partial charge in [-0.05, 0) is 18.6 Å². The van der Waals surface area contributed by atoms with Crippen molar-refractivity contribution in [2.45, 2.75) is 18.5 Å². The molecule has 3 N–H and O–H groups in total. The standard InChI is InChI=1S/C20H19N5O4S/c1-13-17(10-14-6-3-2-4-7-14)22-20(21-13)30-12-18(26)23-24-19(27)15-8-5-9-16(11-15)25(28)29/h2-9,11H,10,12H2,1H3,(H,21,22)(H,23,26)(H,24,27). The molecule has 10 heteroatoms. The maximum absolute atomic E-state index is 12.0. The number of carbonyl (C=O) groups excluding carboxylic acids is 2. The Kier molecular flexibility index (Phi) is 6.81. The minimum atomic E-state index is -0.643. The lowest BCUT2D eigenvalue weighted by Gasteiger charge is -2.06. The van der Waals surface area contributed by atoms with Crippen LogP contribution >= 0.6 is 11.8 Å². The van der Waals surface area contributed by atoms with E-state index in [4.69, 9.17) is 0 Å². The molecule has 1 aromatic heterocycles. The first-order valence-electron chi connectivity index (χ1n) is 8.98. The number of nitro benzene ring substituents is 1. The molecule has 154 valence electrons. The molecule has 0 saturated heterocycles. The van der Waals surface area contributed by atoms with Crippen LogP contribution in [0.3, 0.4) is 0 Å². The van der Waals surface area contributed by atoms with Crippen molar-refractivity contribution < 1.29 is 14.5 Å². The van der Waals surface area contributed by atoms with Crippen LogP contribution in [0.25, 0.3) is 0 Å². The second kappa shape index (κ2) is 9.70. The highest BCUT2D eigenvalue weighted by atomic mass is 32.2. The van der Waals surface area contributed by atoms with Gasteiger partial charge in [-0.3, -0.25) is 30.6 Å². The quantitative estimate of drug-likeness (QED) is 0.303. The number of nitro groups is 1. The Balaban J connectivity index is 1.49. The van der Waals surface area contributed by atoms with Crippen LogP contribution in [0.5, 0.6) is 0 Å². The van der Waals surface area contributed by atoms with Gasteiger partial charge in [-0.25, -0.2) is 4.98 Å². The van der Waals surface area contributed by atoms with Crippen LogP contribution < -0.4 is 10.9 Å². The van der Waals surface area contributed by atoms with Crippen LogP contribution in [0.15, 0.2) is 59.8 Å². The van der Waals surface area contributed by atoms with Crippen molar-refractivity contribution in [1.29, 1.82) is 0 Å². The highest BCUT2D eigenvalue weighted by Crippen LogP contribution is 2.19. The van der Waals surface area contributed by atoms with Crippen LogP contribution in [0.2, 0.25) is 0 Å². The lowest BCUT2D eigenvalue weighted by Crippen LogP contribution is -2.42. The summed E-state index contributed by atoms with van der Waals surface area (Å²) in [6.45, 7) is 1.93. The molecule has 0 saturated carbocycles. The van der Waals surface area contributed by atoms with Crippen molar-refractivity contribution in [2.75, 3.05) is 5.75 Å². The van der Waals surface area contributed by atoms with Gasteiger partial charge in [0.05, 0.1) is 16.4 Å². The average molecular weight is 425 g/mol. The van der Waals surface area contributed by atoms with E-state index in [1.165, 1.54) is 30.0 Å². The fourth-order valence-corrected chi connectivity index (χ4v) is 3.37. The summed E-state index contributed by atoms with van der Waals surface area (Å²) in [6.07, 6.45) is 0.690. The van der Waals surface area contributed by atoms with E-state index < -0.39 is 16.7 Å². The fourth-order valence-electron chi connectivity index (χ4n) is 2.63. The summed E-state index contributed by atoms with van der Waals surface area (Å²) < 4.78 is 0. The molecule has 0 aliphatic carbocycles. The third kappa shape index (κ3) is 5.67. The molecule has 0 unspecified atom stereocenters. The number of imidazole rings is 1. The summed E-state index contributed by atoms with van der Waals surface area (Å²) in [7, 11) is 0. The zero-order valence-corrected chi connectivity index (χ0v) is 16.9. The third-order valence-electron chi connectivity index (χ3n) is 4.15. The first-order valence-corrected chi connectivity index (χ1v) is 9.97. The van der Waals surface area contributed by atoms with Gasteiger partial charge in [-0.1, -0.05) is 48.2 Å². The Morgan fingerprint density at radius 1 is 1.13 bits per heavy atom. The van der Waals surface area contributed by atoms with Crippen molar-refractivity contribution in [1.82, 2.24) is 20.8 Å². The van der Waals surface area contributed by atoms with Crippen molar-refractivity contribution in [3.8, 4) is 0 Å². The van der Waals surface area contributed by atoms with Gasteiger partial charge in [0.25, 0.3) is 11.6 Å². The Morgan fingerprint density at radius 3 is 2.63 bits per heavy atom. The molecule has 0 fully saturated rings. The molecular weight excluding hydrogens is 406 g/mol. The molecule has 0 spiro atoms. The van der Waals surface area contributed by atoms with Crippen LogP contribution in [0.1, 0.15) is 27.3 Å². The van der Waals surface area contributed by atoms with E-state index in [0.717, 1.165) is 23.0 Å². The van der Waals surface area contributed by atoms with Crippen molar-refractivity contribution in [3.05, 3.63) is 87.2 Å². The summed E-state index contributed by atoms with van der Waals surface area (Å²) in [6, 6.07) is 15.2. The first-order chi connectivity index (χ1) is 14.4. The van der Waals surface area contributed by atoms with E-state index in [2.05, 4.69) is 20.8 Å². The average Bonchev–Trinajstić information content (AvgIpc) is 3.10. The Labute approximate surface area is 176 Å². The summed E-state index contributed by atoms with van der Waals surface area (Å²) >= 11 is 1.21. The van der Waals surface area contributed by atoms with Crippen molar-refractivity contribution >= 4 is 29.3 Å². The lowest BCUT2D eigenvalue weighted by atomic mass is 10.1. The van der Waals surface area contributed by atoms with Gasteiger partial charge >= 0.3 is 0 Å². The number of benzene rings is 2. The molecule has 3 rings (SSSR count). The van der Waals surface area contributed by atoms with E-state index in [-0.39, 0.29) is 17.0 Å². The van der Waals surface area contributed by atoms with Gasteiger partial charge in [-0.15, -0.1) is 0 Å². The number of nitrogens with zero attached hydrogens (tertiary/aromatic N) is 2. The number of hydrazine groups is 1. The molecule has 0 radical (unpaired) electrons. The Hall–Kier alpha value is -3.66. The molecule has 9 nitrogen and oxygen atoms in total. The number of nitrogens with one attached hydrogen (secondary N) is 3. The number of amides is 2. The maximum atomic E-state index is 12.0. The fraction of sp³-hybridized carbons (Fsp3) is 0.150. The second-order valence-corrected chi connectivity index (χ2v) is 7.34. The summed E-state index contributed by atoms with van der Waals surface area (Å²) in [5.41, 5.74) is 7.39. The highest BCUT2D eigenvalue weighted by molar-refractivity contribution is 7.99. The number of H-pyrrole nitrogens is 1. The molecule has 0 aliphatic heterocycles. The normalized spacial score (nSPS) is 10.4. The van der Waals surface area contributed by atoms with Crippen molar-refractivity contribution in [2.24, 2.45) is 0 Å². The predicted octanol–water partition coefficient (Wildman–Crippen LogP) is 2.77. The molecule has 3 aromatic rings. The number of non-ortho nitro benzene ring substituents is 1. The topological polar surface area (TPSA) is 130 Å². The molecule has 1 heterocycles. The predicted molar refractivity (Wildman–Crippen MR) is 112 cm³/mol. The number of aryl methyl sites for hydroxylation is 1. The molecule has 0 bridgehead atoms. The number of aromatic nitrogens is 2. The van der Waals surface area contributed by atoms with E-state index in [1.54, 1.807) is 0 Å². The summed E-state index contributed by atoms with van der Waals surface area (Å²) in [4.78, 5) is 41.9. The highest BCUT2D eigenvalue weighted by Gasteiger charge is 2.13. The molecule has 2 amide bonds. The third-order valence-corrected chi connectivity index (χ3v) is 5.03. The minimum absolute atomic E-state index is 0.0347. The monoisotopic (exact) mass is 425 g/mol. The van der Waals surface area contributed by atoms with Crippen molar-refractivity contribution in [3.63, 3.8) is 0 Å². The Bertz CT molecular complexity index is 1070. The number of hydrogen-bond acceptors (Lipinski definition) is 6. The van der Waals surface area contributed by atoms with E-state index in [0.29, 0.717) is 11.6 Å². The van der Waals surface area contributed by atoms with Gasteiger partial charge in [-0.2, -0.15) is 0 Å². The minimum Gasteiger partial charge on any atom is -0.337 e. The van der Waals surface area contributed by atoms with Gasteiger partial charge in [0.2, 0.25) is 5.91 Å². The van der Waals surface area contributed by atoms with Crippen LogP contribution in [0, 0.1) is 17.0 Å². The number of thioether (sulfide) groups is 1. The summed E-state index contributed by atoms with van der Waals surface area (Å²) in [5.74, 6) is -1.04. The maximum Gasteiger partial charge on any atom is 0.270 e. The Morgan fingerprint density at radius 2 is 1.90 bits per heavy atom. The number of rotatable bonds is 7. The van der Waals surface area contributed by atoms with E-state index >= 15 is 0 Å². The van der Waals surface area contributed by atoms with Gasteiger partial charge in [0, 0.05) is 29.8 Å². The molecule has 30 heavy (non-hydrogen) atoms. The molecule has 2 aromatic carbocycles. The first kappa shape index (κ1) is 21.1. The second-order valence-electron chi connectivity index (χ2n) is 6.37. The molecule has 0 atom stereocenters. The van der Waals surface area contributed by atoms with Crippen LogP contribution in [-0.4, -0.2) is 32.5 Å². The lowest BCUT2D eigenvalue weighted by molar-refractivity contribution is -0.384. The van der Waals surface area contributed by atoms with E-state index in [1.807, 2.05) is 37.3 Å². The molecular formula is C20H19N5O4S. The number of aromatic amines is 1.